The summed E-state index contributed by atoms with van der Waals surface area (Å²) in [7, 11) is 0. The summed E-state index contributed by atoms with van der Waals surface area (Å²) >= 11 is 0. The summed E-state index contributed by atoms with van der Waals surface area (Å²) in [6, 6.07) is 17.3. The van der Waals surface area contributed by atoms with Crippen LogP contribution < -0.4 is 4.74 Å². The normalized spacial score (nSPS) is 11.5. The first-order chi connectivity index (χ1) is 10.7. The Hall–Kier alpha value is -2.62. The van der Waals surface area contributed by atoms with Gasteiger partial charge >= 0.3 is 11.9 Å². The van der Waals surface area contributed by atoms with Gasteiger partial charge in [0, 0.05) is 0 Å². The maximum absolute atomic E-state index is 12.2. The maximum atomic E-state index is 12.2. The number of carbonyl (C=O) groups is 2. The SMILES string of the molecule is CCCC(OC(=O)c1ccccc1)C(=O)Oc1ccccc1. The van der Waals surface area contributed by atoms with E-state index in [0.717, 1.165) is 0 Å². The average Bonchev–Trinajstić information content (AvgIpc) is 2.56. The van der Waals surface area contributed by atoms with Gasteiger partial charge in [0.25, 0.3) is 0 Å². The number of ether oxygens (including phenoxy) is 2. The molecule has 2 aromatic carbocycles. The van der Waals surface area contributed by atoms with Gasteiger partial charge in [0.15, 0.2) is 6.10 Å². The molecule has 1 unspecified atom stereocenters. The van der Waals surface area contributed by atoms with Crippen molar-refractivity contribution in [3.8, 4) is 5.75 Å². The number of hydrogen-bond acceptors (Lipinski definition) is 4. The number of benzene rings is 2. The fourth-order valence-corrected chi connectivity index (χ4v) is 1.93. The summed E-state index contributed by atoms with van der Waals surface area (Å²) in [6.07, 6.45) is 0.221. The highest BCUT2D eigenvalue weighted by atomic mass is 16.6. The Balaban J connectivity index is 2.03. The summed E-state index contributed by atoms with van der Waals surface area (Å²) in [4.78, 5) is 24.2. The van der Waals surface area contributed by atoms with Gasteiger partial charge in [-0.2, -0.15) is 0 Å². The van der Waals surface area contributed by atoms with Crippen molar-refractivity contribution in [3.05, 3.63) is 66.2 Å². The minimum absolute atomic E-state index is 0.413. The van der Waals surface area contributed by atoms with Crippen LogP contribution in [0.4, 0.5) is 0 Å². The Kier molecular flexibility index (Phi) is 5.72. The molecule has 0 heterocycles. The van der Waals surface area contributed by atoms with Crippen LogP contribution in [0.5, 0.6) is 5.75 Å². The third-order valence-electron chi connectivity index (χ3n) is 3.03. The lowest BCUT2D eigenvalue weighted by Crippen LogP contribution is -2.31. The van der Waals surface area contributed by atoms with Crippen molar-refractivity contribution < 1.29 is 19.1 Å². The first-order valence-electron chi connectivity index (χ1n) is 7.23. The molecule has 0 amide bonds. The minimum Gasteiger partial charge on any atom is -0.447 e. The van der Waals surface area contributed by atoms with Crippen molar-refractivity contribution in [2.24, 2.45) is 0 Å². The maximum Gasteiger partial charge on any atom is 0.352 e. The number of para-hydroxylation sites is 1. The number of esters is 2. The molecular weight excluding hydrogens is 280 g/mol. The van der Waals surface area contributed by atoms with Gasteiger partial charge in [-0.15, -0.1) is 0 Å². The van der Waals surface area contributed by atoms with E-state index in [4.69, 9.17) is 9.47 Å². The molecule has 0 aliphatic heterocycles. The molecule has 0 saturated carbocycles. The second-order valence-electron chi connectivity index (χ2n) is 4.78. The van der Waals surface area contributed by atoms with E-state index in [-0.39, 0.29) is 0 Å². The Morgan fingerprint density at radius 3 is 2.14 bits per heavy atom. The van der Waals surface area contributed by atoms with Gasteiger partial charge in [-0.05, 0) is 30.7 Å². The molecule has 0 fully saturated rings. The lowest BCUT2D eigenvalue weighted by Gasteiger charge is -2.16. The molecule has 22 heavy (non-hydrogen) atoms. The van der Waals surface area contributed by atoms with E-state index >= 15 is 0 Å². The lowest BCUT2D eigenvalue weighted by atomic mass is 10.2. The van der Waals surface area contributed by atoms with Crippen LogP contribution in [-0.4, -0.2) is 18.0 Å². The van der Waals surface area contributed by atoms with Crippen LogP contribution in [0.1, 0.15) is 30.1 Å². The molecule has 2 rings (SSSR count). The average molecular weight is 298 g/mol. The summed E-state index contributed by atoms with van der Waals surface area (Å²) in [5.74, 6) is -0.647. The first kappa shape index (κ1) is 15.8. The quantitative estimate of drug-likeness (QED) is 0.604. The minimum atomic E-state index is -0.905. The summed E-state index contributed by atoms with van der Waals surface area (Å²) in [5.41, 5.74) is 0.413. The van der Waals surface area contributed by atoms with Crippen molar-refractivity contribution in [2.75, 3.05) is 0 Å². The fraction of sp³-hybridized carbons (Fsp3) is 0.222. The van der Waals surface area contributed by atoms with E-state index in [0.29, 0.717) is 24.2 Å². The van der Waals surface area contributed by atoms with Crippen LogP contribution in [0.25, 0.3) is 0 Å². The van der Waals surface area contributed by atoms with Crippen LogP contribution in [-0.2, 0) is 9.53 Å². The second-order valence-corrected chi connectivity index (χ2v) is 4.78. The molecule has 0 radical (unpaired) electrons. The number of hydrogen-bond donors (Lipinski definition) is 0. The third kappa shape index (κ3) is 4.45. The molecule has 2 aromatic rings. The molecule has 114 valence electrons. The van der Waals surface area contributed by atoms with Gasteiger partial charge < -0.3 is 9.47 Å². The summed E-state index contributed by atoms with van der Waals surface area (Å²) in [6.45, 7) is 1.92. The number of carbonyl (C=O) groups excluding carboxylic acids is 2. The predicted octanol–water partition coefficient (Wildman–Crippen LogP) is 3.62. The summed E-state index contributed by atoms with van der Waals surface area (Å²) < 4.78 is 10.5. The van der Waals surface area contributed by atoms with Crippen molar-refractivity contribution in [1.29, 1.82) is 0 Å². The predicted molar refractivity (Wildman–Crippen MR) is 82.6 cm³/mol. The van der Waals surface area contributed by atoms with Crippen LogP contribution in [0.2, 0.25) is 0 Å². The molecule has 0 aliphatic rings. The van der Waals surface area contributed by atoms with E-state index < -0.39 is 18.0 Å². The van der Waals surface area contributed by atoms with Gasteiger partial charge in [-0.3, -0.25) is 0 Å². The highest BCUT2D eigenvalue weighted by Crippen LogP contribution is 2.14. The van der Waals surface area contributed by atoms with Gasteiger partial charge in [-0.25, -0.2) is 9.59 Å². The van der Waals surface area contributed by atoms with Crippen LogP contribution >= 0.6 is 0 Å². The standard InChI is InChI=1S/C18H18O4/c1-2-9-16(18(20)21-15-12-7-4-8-13-15)22-17(19)14-10-5-3-6-11-14/h3-8,10-13,16H,2,9H2,1H3. The molecule has 0 spiro atoms. The largest absolute Gasteiger partial charge is 0.447 e. The van der Waals surface area contributed by atoms with E-state index in [1.165, 1.54) is 0 Å². The van der Waals surface area contributed by atoms with Gasteiger partial charge in [0.2, 0.25) is 0 Å². The Labute approximate surface area is 129 Å². The Morgan fingerprint density at radius 2 is 1.55 bits per heavy atom. The molecule has 1 atom stereocenters. The van der Waals surface area contributed by atoms with Gasteiger partial charge in [0.05, 0.1) is 5.56 Å². The van der Waals surface area contributed by atoms with E-state index in [2.05, 4.69) is 0 Å². The zero-order chi connectivity index (χ0) is 15.8. The lowest BCUT2D eigenvalue weighted by molar-refractivity contribution is -0.144. The molecule has 4 heteroatoms. The molecule has 0 saturated heterocycles. The zero-order valence-electron chi connectivity index (χ0n) is 12.4. The highest BCUT2D eigenvalue weighted by molar-refractivity contribution is 5.91. The molecule has 4 nitrogen and oxygen atoms in total. The molecular formula is C18H18O4. The second kappa shape index (κ2) is 7.98. The van der Waals surface area contributed by atoms with E-state index in [9.17, 15) is 9.59 Å². The van der Waals surface area contributed by atoms with E-state index in [1.54, 1.807) is 48.5 Å². The smallest absolute Gasteiger partial charge is 0.352 e. The van der Waals surface area contributed by atoms with E-state index in [1.807, 2.05) is 19.1 Å². The Morgan fingerprint density at radius 1 is 0.955 bits per heavy atom. The third-order valence-corrected chi connectivity index (χ3v) is 3.03. The highest BCUT2D eigenvalue weighted by Gasteiger charge is 2.24. The van der Waals surface area contributed by atoms with Crippen molar-refractivity contribution in [2.45, 2.75) is 25.9 Å². The Bertz CT molecular complexity index is 607. The van der Waals surface area contributed by atoms with Gasteiger partial charge in [-0.1, -0.05) is 49.7 Å². The molecule has 0 aromatic heterocycles. The monoisotopic (exact) mass is 298 g/mol. The molecule has 0 bridgehead atoms. The van der Waals surface area contributed by atoms with Crippen LogP contribution in [0, 0.1) is 0 Å². The summed E-state index contributed by atoms with van der Waals surface area (Å²) in [5, 5.41) is 0. The van der Waals surface area contributed by atoms with Crippen molar-refractivity contribution >= 4 is 11.9 Å². The fourth-order valence-electron chi connectivity index (χ4n) is 1.93. The van der Waals surface area contributed by atoms with Crippen LogP contribution in [0.3, 0.4) is 0 Å². The topological polar surface area (TPSA) is 52.6 Å². The zero-order valence-corrected chi connectivity index (χ0v) is 12.4. The number of rotatable bonds is 6. The molecule has 0 aliphatic carbocycles. The van der Waals surface area contributed by atoms with Crippen molar-refractivity contribution in [3.63, 3.8) is 0 Å². The molecule has 0 N–H and O–H groups in total. The van der Waals surface area contributed by atoms with Crippen LogP contribution in [0.15, 0.2) is 60.7 Å². The van der Waals surface area contributed by atoms with Crippen molar-refractivity contribution in [1.82, 2.24) is 0 Å². The van der Waals surface area contributed by atoms with Gasteiger partial charge in [0.1, 0.15) is 5.75 Å². The first-order valence-corrected chi connectivity index (χ1v) is 7.23.